The molecular formula is C26H54N2O6Si3. The molecule has 8 nitrogen and oxygen atoms in total. The summed E-state index contributed by atoms with van der Waals surface area (Å²) in [5.74, 6) is 5.47. The Labute approximate surface area is 228 Å². The fourth-order valence-electron chi connectivity index (χ4n) is 5.10. The van der Waals surface area contributed by atoms with Gasteiger partial charge < -0.3 is 22.8 Å². The number of epoxide rings is 1. The van der Waals surface area contributed by atoms with Crippen LogP contribution in [-0.4, -0.2) is 74.1 Å². The van der Waals surface area contributed by atoms with Crippen LogP contribution in [-0.2, 0) is 27.5 Å². The van der Waals surface area contributed by atoms with Crippen LogP contribution < -0.4 is 11.3 Å². The molecule has 2 heterocycles. The second-order valence-electron chi connectivity index (χ2n) is 13.9. The van der Waals surface area contributed by atoms with Crippen molar-refractivity contribution >= 4 is 30.9 Å². The quantitative estimate of drug-likeness (QED) is 0.0813. The Morgan fingerprint density at radius 2 is 1.54 bits per heavy atom. The Kier molecular flexibility index (Phi) is 11.4. The summed E-state index contributed by atoms with van der Waals surface area (Å²) < 4.78 is 32.7. The minimum absolute atomic E-state index is 0.0795. The van der Waals surface area contributed by atoms with Crippen LogP contribution in [0.25, 0.3) is 0 Å². The molecule has 11 heteroatoms. The van der Waals surface area contributed by atoms with Gasteiger partial charge in [-0.05, 0) is 85.6 Å². The van der Waals surface area contributed by atoms with Gasteiger partial charge in [-0.3, -0.25) is 10.2 Å². The van der Waals surface area contributed by atoms with Gasteiger partial charge in [-0.1, -0.05) is 12.5 Å². The monoisotopic (exact) mass is 574 g/mol. The number of ether oxygens (including phenoxy) is 2. The summed E-state index contributed by atoms with van der Waals surface area (Å²) in [4.78, 5) is 11.8. The van der Waals surface area contributed by atoms with Gasteiger partial charge in [0, 0.05) is 24.0 Å². The molecule has 0 aromatic carbocycles. The molecule has 0 bridgehead atoms. The van der Waals surface area contributed by atoms with E-state index in [9.17, 15) is 4.79 Å². The summed E-state index contributed by atoms with van der Waals surface area (Å²) in [5.41, 5.74) is 3.07. The van der Waals surface area contributed by atoms with Crippen molar-refractivity contribution in [2.24, 2.45) is 17.7 Å². The van der Waals surface area contributed by atoms with Crippen LogP contribution in [0.3, 0.4) is 0 Å². The number of nitrogens with one attached hydrogen (secondary N) is 1. The maximum atomic E-state index is 11.8. The molecule has 1 amide bonds. The SMILES string of the molecule is C/C(=C\C(=O)NN)C[C@@H]1OC[C@H](C[C@@H]2O[C@H]2[C@@H](C)[C@H](C)O[Si](C)(C)C)[C@@H](O[Si](C)(C)C)[C@H]1O[Si](C)(C)C. The second-order valence-corrected chi connectivity index (χ2v) is 27.3. The molecule has 2 fully saturated rings. The zero-order chi connectivity index (χ0) is 28.3. The lowest BCUT2D eigenvalue weighted by Crippen LogP contribution is -2.58. The Balaban J connectivity index is 2.22. The topological polar surface area (TPSA) is 105 Å². The Bertz CT molecular complexity index is 793. The first-order valence-electron chi connectivity index (χ1n) is 13.8. The summed E-state index contributed by atoms with van der Waals surface area (Å²) in [6.07, 6.45) is 3.09. The van der Waals surface area contributed by atoms with E-state index in [0.29, 0.717) is 18.9 Å². The van der Waals surface area contributed by atoms with Gasteiger partial charge in [-0.2, -0.15) is 0 Å². The summed E-state index contributed by atoms with van der Waals surface area (Å²) in [7, 11) is -5.42. The molecule has 0 aromatic heterocycles. The maximum Gasteiger partial charge on any atom is 0.257 e. The zero-order valence-electron chi connectivity index (χ0n) is 25.3. The molecule has 0 radical (unpaired) electrons. The number of rotatable bonds is 13. The van der Waals surface area contributed by atoms with Gasteiger partial charge in [0.2, 0.25) is 0 Å². The third-order valence-electron chi connectivity index (χ3n) is 6.66. The molecule has 0 aromatic rings. The number of carbonyl (C=O) groups is 1. The Morgan fingerprint density at radius 3 is 2.05 bits per heavy atom. The molecule has 0 unspecified atom stereocenters. The van der Waals surface area contributed by atoms with E-state index in [4.69, 9.17) is 28.6 Å². The highest BCUT2D eigenvalue weighted by atomic mass is 28.4. The number of amides is 1. The highest BCUT2D eigenvalue weighted by Crippen LogP contribution is 2.41. The highest BCUT2D eigenvalue weighted by Gasteiger charge is 2.51. The standard InChI is InChI=1S/C26H54N2O6Si3/c1-17(14-23(29)28-27)13-21-26(34-37(10,11)12)25(33-36(7,8)9)20(16-30-21)15-22-24(31-22)18(2)19(3)32-35(4,5)6/h14,18-22,24-26H,13,15-16,27H2,1-12H3,(H,28,29)/b17-14+/t18-,19-,20-,21-,22-,24-,25+,26-/m0/s1. The molecule has 2 aliphatic heterocycles. The van der Waals surface area contributed by atoms with Gasteiger partial charge in [-0.15, -0.1) is 0 Å². The van der Waals surface area contributed by atoms with E-state index in [-0.39, 0.29) is 48.4 Å². The smallest absolute Gasteiger partial charge is 0.257 e. The van der Waals surface area contributed by atoms with Crippen molar-refractivity contribution in [3.8, 4) is 0 Å². The molecule has 0 saturated carbocycles. The van der Waals surface area contributed by atoms with Crippen molar-refractivity contribution in [2.45, 2.75) is 129 Å². The van der Waals surface area contributed by atoms with Crippen molar-refractivity contribution in [3.63, 3.8) is 0 Å². The first kappa shape index (κ1) is 32.8. The largest absolute Gasteiger partial charge is 0.415 e. The van der Waals surface area contributed by atoms with Crippen LogP contribution in [0.5, 0.6) is 0 Å². The van der Waals surface area contributed by atoms with Crippen molar-refractivity contribution in [3.05, 3.63) is 11.6 Å². The molecule has 3 N–H and O–H groups in total. The lowest BCUT2D eigenvalue weighted by atomic mass is 9.85. The van der Waals surface area contributed by atoms with Crippen LogP contribution in [0.2, 0.25) is 58.9 Å². The summed E-state index contributed by atoms with van der Waals surface area (Å²) in [6, 6.07) is 0. The normalized spacial score (nSPS) is 31.1. The van der Waals surface area contributed by atoms with E-state index in [2.05, 4.69) is 78.2 Å². The minimum Gasteiger partial charge on any atom is -0.415 e. The van der Waals surface area contributed by atoms with Crippen molar-refractivity contribution in [1.82, 2.24) is 5.43 Å². The zero-order valence-corrected chi connectivity index (χ0v) is 28.3. The van der Waals surface area contributed by atoms with Gasteiger partial charge >= 0.3 is 0 Å². The third kappa shape index (κ3) is 11.3. The predicted molar refractivity (Wildman–Crippen MR) is 157 cm³/mol. The van der Waals surface area contributed by atoms with Gasteiger partial charge in [0.25, 0.3) is 5.91 Å². The first-order valence-corrected chi connectivity index (χ1v) is 24.0. The van der Waals surface area contributed by atoms with Gasteiger partial charge in [0.1, 0.15) is 0 Å². The van der Waals surface area contributed by atoms with Gasteiger partial charge in [-0.25, -0.2) is 5.84 Å². The van der Waals surface area contributed by atoms with Crippen molar-refractivity contribution in [2.75, 3.05) is 6.61 Å². The lowest BCUT2D eigenvalue weighted by molar-refractivity contribution is -0.152. The summed E-state index contributed by atoms with van der Waals surface area (Å²) in [5, 5.41) is 0. The second kappa shape index (κ2) is 12.9. The van der Waals surface area contributed by atoms with Gasteiger partial charge in [0.05, 0.1) is 37.1 Å². The number of hydrazine groups is 1. The van der Waals surface area contributed by atoms with Crippen LogP contribution in [0.1, 0.15) is 33.6 Å². The van der Waals surface area contributed by atoms with Crippen molar-refractivity contribution in [1.29, 1.82) is 0 Å². The van der Waals surface area contributed by atoms with Gasteiger partial charge in [0.15, 0.2) is 25.0 Å². The van der Waals surface area contributed by atoms with E-state index in [1.807, 2.05) is 6.92 Å². The third-order valence-corrected chi connectivity index (χ3v) is 9.69. The van der Waals surface area contributed by atoms with E-state index in [1.54, 1.807) is 0 Å². The molecule has 216 valence electrons. The van der Waals surface area contributed by atoms with Crippen LogP contribution >= 0.6 is 0 Å². The molecule has 2 aliphatic rings. The molecule has 37 heavy (non-hydrogen) atoms. The molecule has 8 atom stereocenters. The molecule has 2 saturated heterocycles. The average Bonchev–Trinajstić information content (AvgIpc) is 3.47. The lowest BCUT2D eigenvalue weighted by Gasteiger charge is -2.47. The van der Waals surface area contributed by atoms with E-state index in [1.165, 1.54) is 6.08 Å². The minimum atomic E-state index is -1.92. The Hall–Kier alpha value is -0.379. The van der Waals surface area contributed by atoms with Crippen LogP contribution in [0, 0.1) is 11.8 Å². The number of carbonyl (C=O) groups excluding carboxylic acids is 1. The van der Waals surface area contributed by atoms with Crippen LogP contribution in [0.4, 0.5) is 0 Å². The highest BCUT2D eigenvalue weighted by molar-refractivity contribution is 6.70. The van der Waals surface area contributed by atoms with E-state index >= 15 is 0 Å². The molecular weight excluding hydrogens is 521 g/mol. The predicted octanol–water partition coefficient (Wildman–Crippen LogP) is 4.80. The van der Waals surface area contributed by atoms with Crippen molar-refractivity contribution < 1.29 is 27.5 Å². The fraction of sp³-hybridized carbons (Fsp3) is 0.885. The number of hydrogen-bond donors (Lipinski definition) is 2. The molecule has 0 spiro atoms. The fourth-order valence-corrected chi connectivity index (χ4v) is 8.67. The summed E-state index contributed by atoms with van der Waals surface area (Å²) >= 11 is 0. The molecule has 2 rings (SSSR count). The average molecular weight is 575 g/mol. The maximum absolute atomic E-state index is 11.8. The first-order chi connectivity index (χ1) is 16.8. The van der Waals surface area contributed by atoms with E-state index < -0.39 is 25.0 Å². The molecule has 0 aliphatic carbocycles. The Morgan fingerprint density at radius 1 is 0.973 bits per heavy atom. The number of nitrogens with two attached hydrogens (primary N) is 1. The van der Waals surface area contributed by atoms with Crippen LogP contribution in [0.15, 0.2) is 11.6 Å². The summed E-state index contributed by atoms with van der Waals surface area (Å²) in [6.45, 7) is 26.9. The number of hydrogen-bond acceptors (Lipinski definition) is 7. The van der Waals surface area contributed by atoms with E-state index in [0.717, 1.165) is 12.0 Å².